The maximum Gasteiger partial charge on any atom is 0.147 e. The van der Waals surface area contributed by atoms with Crippen molar-refractivity contribution in [2.45, 2.75) is 12.6 Å². The summed E-state index contributed by atoms with van der Waals surface area (Å²) in [5.41, 5.74) is 6.09. The van der Waals surface area contributed by atoms with Crippen molar-refractivity contribution in [1.82, 2.24) is 9.88 Å². The van der Waals surface area contributed by atoms with Crippen LogP contribution in [0, 0.1) is 0 Å². The van der Waals surface area contributed by atoms with E-state index in [-0.39, 0.29) is 0 Å². The van der Waals surface area contributed by atoms with Crippen molar-refractivity contribution in [3.63, 3.8) is 0 Å². The van der Waals surface area contributed by atoms with Crippen LogP contribution in [-0.2, 0) is 11.3 Å². The molecule has 0 amide bonds. The maximum absolute atomic E-state index is 12.4. The van der Waals surface area contributed by atoms with Crippen LogP contribution in [0.5, 0.6) is 0 Å². The smallest absolute Gasteiger partial charge is 0.147 e. The van der Waals surface area contributed by atoms with Crippen LogP contribution < -0.4 is 4.90 Å². The normalized spacial score (nSPS) is 16.2. The van der Waals surface area contributed by atoms with E-state index in [1.807, 2.05) is 71.8 Å². The molecule has 1 aromatic heterocycles. The van der Waals surface area contributed by atoms with Crippen LogP contribution in [0.15, 0.2) is 91.3 Å². The highest BCUT2D eigenvalue weighted by atomic mass is 16.1. The quantitative estimate of drug-likeness (QED) is 0.569. The number of pyridine rings is 1. The van der Waals surface area contributed by atoms with Gasteiger partial charge in [0.15, 0.2) is 0 Å². The predicted molar refractivity (Wildman–Crippen MR) is 123 cm³/mol. The molecule has 2 aromatic carbocycles. The fraction of sp³-hybridized carbons (Fsp3) is 0.154. The molecular weight excluding hydrogens is 370 g/mol. The molecule has 2 heterocycles. The molecule has 0 N–H and O–H groups in total. The third kappa shape index (κ3) is 4.09. The molecule has 4 nitrogen and oxygen atoms in total. The van der Waals surface area contributed by atoms with E-state index in [0.29, 0.717) is 0 Å². The fourth-order valence-electron chi connectivity index (χ4n) is 3.84. The summed E-state index contributed by atoms with van der Waals surface area (Å²) in [4.78, 5) is 21.1. The molecule has 0 bridgehead atoms. The van der Waals surface area contributed by atoms with Gasteiger partial charge in [0.2, 0.25) is 0 Å². The Balaban J connectivity index is 1.89. The number of nitrogens with zero attached hydrogens (tertiary/aromatic N) is 3. The van der Waals surface area contributed by atoms with Gasteiger partial charge in [0.05, 0.1) is 5.69 Å². The van der Waals surface area contributed by atoms with Crippen molar-refractivity contribution >= 4 is 23.1 Å². The molecule has 1 unspecified atom stereocenters. The first-order valence-corrected chi connectivity index (χ1v) is 10.0. The Morgan fingerprint density at radius 1 is 0.967 bits per heavy atom. The molecule has 0 saturated carbocycles. The Hall–Kier alpha value is -3.50. The van der Waals surface area contributed by atoms with Gasteiger partial charge in [-0.25, -0.2) is 0 Å². The first-order valence-electron chi connectivity index (χ1n) is 10.0. The summed E-state index contributed by atoms with van der Waals surface area (Å²) in [5, 5.41) is 0. The van der Waals surface area contributed by atoms with Gasteiger partial charge < -0.3 is 14.6 Å². The van der Waals surface area contributed by atoms with Crippen molar-refractivity contribution in [1.29, 1.82) is 0 Å². The number of carbonyl (C=O) groups excluding carboxylic acids is 1. The van der Waals surface area contributed by atoms with Crippen molar-refractivity contribution < 1.29 is 4.79 Å². The highest BCUT2D eigenvalue weighted by molar-refractivity contribution is 5.98. The van der Waals surface area contributed by atoms with E-state index in [0.717, 1.165) is 40.9 Å². The van der Waals surface area contributed by atoms with Crippen LogP contribution in [0.3, 0.4) is 0 Å². The summed E-state index contributed by atoms with van der Waals surface area (Å²) in [5.74, 6) is 0. The number of rotatable bonds is 6. The van der Waals surface area contributed by atoms with Gasteiger partial charge in [0.25, 0.3) is 0 Å². The lowest BCUT2D eigenvalue weighted by molar-refractivity contribution is -0.107. The SMILES string of the molecule is CN(C)Cc1ccccc1C1=CC(c2ccccn2)=CN(c2ccccc2)C1C=O. The number of para-hydroxylation sites is 1. The molecule has 3 aromatic rings. The van der Waals surface area contributed by atoms with Crippen LogP contribution in [0.1, 0.15) is 16.8 Å². The van der Waals surface area contributed by atoms with Crippen LogP contribution in [0.4, 0.5) is 5.69 Å². The first kappa shape index (κ1) is 19.8. The molecule has 0 spiro atoms. The summed E-state index contributed by atoms with van der Waals surface area (Å²) < 4.78 is 0. The van der Waals surface area contributed by atoms with E-state index in [1.54, 1.807) is 6.20 Å². The number of anilines is 1. The number of hydrogen-bond acceptors (Lipinski definition) is 4. The Bertz CT molecular complexity index is 1070. The molecular formula is C26H25N3O. The van der Waals surface area contributed by atoms with Crippen molar-refractivity contribution in [3.05, 3.63) is 108 Å². The Labute approximate surface area is 177 Å². The molecule has 4 rings (SSSR count). The third-order valence-corrected chi connectivity index (χ3v) is 5.17. The van der Waals surface area contributed by atoms with E-state index >= 15 is 0 Å². The van der Waals surface area contributed by atoms with E-state index in [2.05, 4.69) is 42.2 Å². The maximum atomic E-state index is 12.4. The Morgan fingerprint density at radius 2 is 1.70 bits per heavy atom. The van der Waals surface area contributed by atoms with E-state index in [9.17, 15) is 4.79 Å². The predicted octanol–water partition coefficient (Wildman–Crippen LogP) is 4.66. The Morgan fingerprint density at radius 3 is 2.40 bits per heavy atom. The zero-order valence-electron chi connectivity index (χ0n) is 17.3. The Kier molecular flexibility index (Phi) is 5.87. The summed E-state index contributed by atoms with van der Waals surface area (Å²) in [6.45, 7) is 0.799. The van der Waals surface area contributed by atoms with Gasteiger partial charge in [0, 0.05) is 30.2 Å². The largest absolute Gasteiger partial charge is 0.333 e. The average Bonchev–Trinajstić information content (AvgIpc) is 2.79. The third-order valence-electron chi connectivity index (χ3n) is 5.17. The topological polar surface area (TPSA) is 36.4 Å². The van der Waals surface area contributed by atoms with Crippen molar-refractivity contribution in [3.8, 4) is 0 Å². The molecule has 1 atom stereocenters. The first-order chi connectivity index (χ1) is 14.7. The summed E-state index contributed by atoms with van der Waals surface area (Å²) in [7, 11) is 4.11. The van der Waals surface area contributed by atoms with Crippen molar-refractivity contribution in [2.75, 3.05) is 19.0 Å². The summed E-state index contributed by atoms with van der Waals surface area (Å²) in [6.07, 6.45) is 6.95. The lowest BCUT2D eigenvalue weighted by Gasteiger charge is -2.34. The second-order valence-electron chi connectivity index (χ2n) is 7.62. The van der Waals surface area contributed by atoms with Crippen LogP contribution >= 0.6 is 0 Å². The molecule has 0 aliphatic carbocycles. The van der Waals surface area contributed by atoms with Gasteiger partial charge in [-0.3, -0.25) is 4.98 Å². The van der Waals surface area contributed by atoms with Gasteiger partial charge in [-0.2, -0.15) is 0 Å². The minimum atomic E-state index is -0.414. The minimum absolute atomic E-state index is 0.414. The molecule has 150 valence electrons. The zero-order valence-corrected chi connectivity index (χ0v) is 17.3. The monoisotopic (exact) mass is 395 g/mol. The summed E-state index contributed by atoms with van der Waals surface area (Å²) >= 11 is 0. The number of aromatic nitrogens is 1. The van der Waals surface area contributed by atoms with Crippen LogP contribution in [0.2, 0.25) is 0 Å². The highest BCUT2D eigenvalue weighted by Crippen LogP contribution is 2.36. The van der Waals surface area contributed by atoms with Crippen LogP contribution in [-0.4, -0.2) is 36.3 Å². The lowest BCUT2D eigenvalue weighted by Crippen LogP contribution is -2.36. The molecule has 4 heteroatoms. The number of allylic oxidation sites excluding steroid dienone is 2. The molecule has 0 radical (unpaired) electrons. The minimum Gasteiger partial charge on any atom is -0.333 e. The second-order valence-corrected chi connectivity index (χ2v) is 7.62. The molecule has 0 saturated heterocycles. The van der Waals surface area contributed by atoms with E-state index < -0.39 is 6.04 Å². The highest BCUT2D eigenvalue weighted by Gasteiger charge is 2.28. The fourth-order valence-corrected chi connectivity index (χ4v) is 3.84. The van der Waals surface area contributed by atoms with E-state index in [1.165, 1.54) is 5.56 Å². The van der Waals surface area contributed by atoms with E-state index in [4.69, 9.17) is 0 Å². The number of hydrogen-bond donors (Lipinski definition) is 0. The molecule has 0 fully saturated rings. The number of carbonyl (C=O) groups is 1. The van der Waals surface area contributed by atoms with Crippen molar-refractivity contribution in [2.24, 2.45) is 0 Å². The molecule has 1 aliphatic rings. The van der Waals surface area contributed by atoms with Gasteiger partial charge >= 0.3 is 0 Å². The zero-order chi connectivity index (χ0) is 20.9. The second kappa shape index (κ2) is 8.89. The number of benzene rings is 2. The van der Waals surface area contributed by atoms with Gasteiger partial charge in [-0.1, -0.05) is 48.5 Å². The van der Waals surface area contributed by atoms with Gasteiger partial charge in [-0.15, -0.1) is 0 Å². The van der Waals surface area contributed by atoms with Gasteiger partial charge in [0.1, 0.15) is 12.3 Å². The van der Waals surface area contributed by atoms with Crippen LogP contribution in [0.25, 0.3) is 11.1 Å². The summed E-state index contributed by atoms with van der Waals surface area (Å²) in [6, 6.07) is 23.8. The number of aldehydes is 1. The molecule has 30 heavy (non-hydrogen) atoms. The average molecular weight is 396 g/mol. The lowest BCUT2D eigenvalue weighted by atomic mass is 9.89. The van der Waals surface area contributed by atoms with Gasteiger partial charge in [-0.05, 0) is 61.1 Å². The standard InChI is InChI=1S/C26H25N3O/c1-28(2)17-20-10-6-7-13-23(20)24-16-21(25-14-8-9-15-27-25)18-29(26(24)19-30)22-11-4-3-5-12-22/h3-16,18-19,26H,17H2,1-2H3. The molecule has 1 aliphatic heterocycles.